The van der Waals surface area contributed by atoms with Crippen molar-refractivity contribution in [3.63, 3.8) is 0 Å². The lowest BCUT2D eigenvalue weighted by atomic mass is 9.65. The number of nitrogens with zero attached hydrogens (tertiary/aromatic N) is 1. The molecule has 0 aromatic heterocycles. The van der Waals surface area contributed by atoms with E-state index in [1.807, 2.05) is 24.3 Å². The first-order chi connectivity index (χ1) is 16.0. The van der Waals surface area contributed by atoms with Gasteiger partial charge in [-0.3, -0.25) is 9.59 Å². The van der Waals surface area contributed by atoms with Crippen molar-refractivity contribution in [1.82, 2.24) is 4.31 Å². The van der Waals surface area contributed by atoms with Gasteiger partial charge < -0.3 is 5.32 Å². The van der Waals surface area contributed by atoms with Gasteiger partial charge in [-0.15, -0.1) is 0 Å². The Hall–Kier alpha value is -2.77. The minimum atomic E-state index is -3.73. The van der Waals surface area contributed by atoms with Crippen LogP contribution in [0.5, 0.6) is 0 Å². The molecule has 1 amide bonds. The molecular weight excluding hydrogens is 448 g/mol. The number of hydrogen-bond donors (Lipinski definition) is 1. The molecule has 2 unspecified atom stereocenters. The van der Waals surface area contributed by atoms with E-state index in [0.717, 1.165) is 30.4 Å². The fourth-order valence-electron chi connectivity index (χ4n) is 6.37. The summed E-state index contributed by atoms with van der Waals surface area (Å²) in [5.74, 6) is -1.40. The van der Waals surface area contributed by atoms with E-state index in [0.29, 0.717) is 24.2 Å². The molecule has 2 aromatic carbocycles. The number of rotatable bonds is 5. The summed E-state index contributed by atoms with van der Waals surface area (Å²) >= 11 is 0. The zero-order chi connectivity index (χ0) is 24.3. The topological polar surface area (TPSA) is 83.6 Å². The normalized spacial score (nSPS) is 25.5. The highest BCUT2D eigenvalue weighted by atomic mass is 32.2. The van der Waals surface area contributed by atoms with E-state index in [-0.39, 0.29) is 21.8 Å². The van der Waals surface area contributed by atoms with Gasteiger partial charge >= 0.3 is 0 Å². The molecule has 1 saturated carbocycles. The summed E-state index contributed by atoms with van der Waals surface area (Å²) in [7, 11) is -3.73. The Morgan fingerprint density at radius 1 is 1.03 bits per heavy atom. The minimum Gasteiger partial charge on any atom is -0.319 e. The zero-order valence-corrected chi connectivity index (χ0v) is 20.6. The lowest BCUT2D eigenvalue weighted by molar-refractivity contribution is -0.131. The molecule has 1 N–H and O–H groups in total. The molecule has 6 nitrogen and oxygen atoms in total. The van der Waals surface area contributed by atoms with Crippen LogP contribution < -0.4 is 5.32 Å². The van der Waals surface area contributed by atoms with Gasteiger partial charge in [0, 0.05) is 23.8 Å². The Morgan fingerprint density at radius 2 is 1.79 bits per heavy atom. The van der Waals surface area contributed by atoms with Gasteiger partial charge in [-0.2, -0.15) is 4.31 Å². The maximum absolute atomic E-state index is 13.6. The number of carbonyl (C=O) groups is 2. The average Bonchev–Trinajstić information content (AvgIpc) is 3.31. The molecule has 0 radical (unpaired) electrons. The molecule has 1 saturated heterocycles. The maximum Gasteiger partial charge on any atom is 0.296 e. The molecule has 178 valence electrons. The summed E-state index contributed by atoms with van der Waals surface area (Å²) < 4.78 is 28.8. The maximum atomic E-state index is 13.6. The number of anilines is 1. The second kappa shape index (κ2) is 7.89. The summed E-state index contributed by atoms with van der Waals surface area (Å²) in [4.78, 5) is 25.7. The molecule has 1 aliphatic heterocycles. The van der Waals surface area contributed by atoms with Gasteiger partial charge in [0.25, 0.3) is 11.7 Å². The van der Waals surface area contributed by atoms with E-state index in [1.54, 1.807) is 28.6 Å². The molecule has 7 heteroatoms. The van der Waals surface area contributed by atoms with Crippen LogP contribution in [-0.4, -0.2) is 37.0 Å². The van der Waals surface area contributed by atoms with Gasteiger partial charge in [0.1, 0.15) is 0 Å². The smallest absolute Gasteiger partial charge is 0.296 e. The first-order valence-corrected chi connectivity index (χ1v) is 13.2. The Bertz CT molecular complexity index is 1330. The van der Waals surface area contributed by atoms with Crippen LogP contribution in [0.3, 0.4) is 0 Å². The highest BCUT2D eigenvalue weighted by Gasteiger charge is 2.53. The average molecular weight is 479 g/mol. The van der Waals surface area contributed by atoms with Gasteiger partial charge in [-0.05, 0) is 65.8 Å². The summed E-state index contributed by atoms with van der Waals surface area (Å²) in [6, 6.07) is 13.7. The van der Waals surface area contributed by atoms with Gasteiger partial charge in [-0.1, -0.05) is 57.2 Å². The number of nitrogens with one attached hydrogen (secondary N) is 1. The first kappa shape index (κ1) is 23.0. The van der Waals surface area contributed by atoms with Gasteiger partial charge in [-0.25, -0.2) is 8.42 Å². The van der Waals surface area contributed by atoms with Crippen molar-refractivity contribution in [3.8, 4) is 0 Å². The number of Topliss-reactive ketones (excluding diaryl/α,β-unsaturated/α-hetero) is 1. The molecule has 0 spiro atoms. The van der Waals surface area contributed by atoms with Crippen LogP contribution in [0.15, 0.2) is 59.5 Å². The second-order valence-corrected chi connectivity index (χ2v) is 12.9. The van der Waals surface area contributed by atoms with E-state index < -0.39 is 21.7 Å². The quantitative estimate of drug-likeness (QED) is 0.645. The van der Waals surface area contributed by atoms with E-state index in [2.05, 4.69) is 26.1 Å². The summed E-state index contributed by atoms with van der Waals surface area (Å²) in [6.45, 7) is 7.10. The third-order valence-corrected chi connectivity index (χ3v) is 9.24. The first-order valence-electron chi connectivity index (χ1n) is 11.7. The lowest BCUT2D eigenvalue weighted by Gasteiger charge is -2.39. The molecule has 2 fully saturated rings. The van der Waals surface area contributed by atoms with Gasteiger partial charge in [0.2, 0.25) is 10.0 Å². The van der Waals surface area contributed by atoms with E-state index in [1.165, 1.54) is 6.07 Å². The summed E-state index contributed by atoms with van der Waals surface area (Å²) in [5, 5.41) is 2.61. The fourth-order valence-corrected chi connectivity index (χ4v) is 8.19. The van der Waals surface area contributed by atoms with Crippen molar-refractivity contribution in [2.75, 3.05) is 11.9 Å². The largest absolute Gasteiger partial charge is 0.319 e. The number of sulfonamides is 1. The molecule has 34 heavy (non-hydrogen) atoms. The number of ketones is 1. The van der Waals surface area contributed by atoms with Crippen LogP contribution in [0, 0.1) is 10.8 Å². The predicted octanol–water partition coefficient (Wildman–Crippen LogP) is 4.42. The van der Waals surface area contributed by atoms with E-state index in [9.17, 15) is 18.0 Å². The number of carbonyl (C=O) groups excluding carboxylic acids is 2. The van der Waals surface area contributed by atoms with E-state index in [4.69, 9.17) is 0 Å². The SMILES string of the molecule is CC1(C)CC2CC(C)(CN2S(=O)(=O)c2cccc(NC(=O)C(=O)C3=CCc4ccccc43)c2)C1. The number of fused-ring (bicyclic) bond motifs is 3. The van der Waals surface area contributed by atoms with Crippen molar-refractivity contribution >= 4 is 33.0 Å². The van der Waals surface area contributed by atoms with Gasteiger partial charge in [0.15, 0.2) is 0 Å². The van der Waals surface area contributed by atoms with Crippen LogP contribution in [0.25, 0.3) is 5.57 Å². The van der Waals surface area contributed by atoms with Crippen LogP contribution in [0.1, 0.15) is 51.2 Å². The van der Waals surface area contributed by atoms with Crippen molar-refractivity contribution in [3.05, 3.63) is 65.7 Å². The van der Waals surface area contributed by atoms with Crippen LogP contribution in [0.4, 0.5) is 5.69 Å². The predicted molar refractivity (Wildman–Crippen MR) is 132 cm³/mol. The van der Waals surface area contributed by atoms with Gasteiger partial charge in [0.05, 0.1) is 4.90 Å². The zero-order valence-electron chi connectivity index (χ0n) is 19.8. The third kappa shape index (κ3) is 4.01. The Labute approximate surface area is 201 Å². The molecule has 3 aliphatic rings. The van der Waals surface area contributed by atoms with Crippen LogP contribution in [0.2, 0.25) is 0 Å². The van der Waals surface area contributed by atoms with Crippen molar-refractivity contribution in [2.24, 2.45) is 10.8 Å². The van der Waals surface area contributed by atoms with Crippen LogP contribution >= 0.6 is 0 Å². The Balaban J connectivity index is 1.35. The standard InChI is InChI=1S/C27H30N2O4S/c1-26(2)14-20-15-27(3,16-26)17-29(20)34(32,33)21-9-6-8-19(13-21)28-25(31)24(30)23-12-11-18-7-4-5-10-22(18)23/h4-10,12-13,20H,11,14-17H2,1-3H3,(H,28,31). The number of hydrogen-bond acceptors (Lipinski definition) is 4. The molecule has 5 rings (SSSR count). The molecule has 1 heterocycles. The summed E-state index contributed by atoms with van der Waals surface area (Å²) in [6.07, 6.45) is 5.09. The number of amides is 1. The minimum absolute atomic E-state index is 0.0204. The summed E-state index contributed by atoms with van der Waals surface area (Å²) in [5.41, 5.74) is 2.54. The fraction of sp³-hybridized carbons (Fsp3) is 0.407. The highest BCUT2D eigenvalue weighted by Crippen LogP contribution is 2.53. The number of allylic oxidation sites excluding steroid dienone is 1. The van der Waals surface area contributed by atoms with Crippen molar-refractivity contribution in [2.45, 2.75) is 57.4 Å². The van der Waals surface area contributed by atoms with Crippen molar-refractivity contribution in [1.29, 1.82) is 0 Å². The molecule has 2 aromatic rings. The second-order valence-electron chi connectivity index (χ2n) is 11.1. The molecular formula is C27H30N2O4S. The van der Waals surface area contributed by atoms with Crippen LogP contribution in [-0.2, 0) is 26.0 Å². The van der Waals surface area contributed by atoms with Crippen molar-refractivity contribution < 1.29 is 18.0 Å². The van der Waals surface area contributed by atoms with E-state index >= 15 is 0 Å². The monoisotopic (exact) mass is 478 g/mol. The Morgan fingerprint density at radius 3 is 2.59 bits per heavy atom. The molecule has 2 bridgehead atoms. The molecule has 2 atom stereocenters. The third-order valence-electron chi connectivity index (χ3n) is 7.35. The number of benzene rings is 2. The molecule has 2 aliphatic carbocycles. The lowest BCUT2D eigenvalue weighted by Crippen LogP contribution is -2.37. The highest BCUT2D eigenvalue weighted by molar-refractivity contribution is 7.89. The Kier molecular flexibility index (Phi) is 5.33.